The van der Waals surface area contributed by atoms with Gasteiger partial charge in [-0.05, 0) is 32.4 Å². The number of Topliss-reactive ketones (excluding diaryl/α,β-unsaturated/α-hetero) is 1. The van der Waals surface area contributed by atoms with Crippen molar-refractivity contribution in [1.82, 2.24) is 4.98 Å². The van der Waals surface area contributed by atoms with Crippen molar-refractivity contribution in [2.24, 2.45) is 0 Å². The third-order valence-corrected chi connectivity index (χ3v) is 2.10. The van der Waals surface area contributed by atoms with Gasteiger partial charge in [0.2, 0.25) is 0 Å². The molecule has 1 aromatic rings. The van der Waals surface area contributed by atoms with Gasteiger partial charge in [0.15, 0.2) is 5.78 Å². The zero-order valence-corrected chi connectivity index (χ0v) is 8.92. The van der Waals surface area contributed by atoms with Crippen LogP contribution in [0.25, 0.3) is 0 Å². The van der Waals surface area contributed by atoms with E-state index in [1.807, 2.05) is 26.8 Å². The normalized spacial score (nSPS) is 9.93. The van der Waals surface area contributed by atoms with E-state index in [0.29, 0.717) is 12.1 Å². The summed E-state index contributed by atoms with van der Waals surface area (Å²) in [5.74, 6) is 0.0422. The van der Waals surface area contributed by atoms with Gasteiger partial charge in [0.05, 0.1) is 0 Å². The highest BCUT2D eigenvalue weighted by molar-refractivity contribution is 5.95. The molecule has 0 aliphatic heterocycles. The molecule has 0 aliphatic carbocycles. The highest BCUT2D eigenvalue weighted by Crippen LogP contribution is 2.09. The largest absolute Gasteiger partial charge is 0.292 e. The van der Waals surface area contributed by atoms with E-state index in [9.17, 15) is 4.79 Å². The van der Waals surface area contributed by atoms with E-state index in [4.69, 9.17) is 0 Å². The van der Waals surface area contributed by atoms with Gasteiger partial charge in [0, 0.05) is 12.1 Å². The molecule has 0 atom stereocenters. The van der Waals surface area contributed by atoms with Gasteiger partial charge < -0.3 is 0 Å². The van der Waals surface area contributed by atoms with Gasteiger partial charge in [0.1, 0.15) is 5.69 Å². The summed E-state index contributed by atoms with van der Waals surface area (Å²) in [4.78, 5) is 15.8. The number of aromatic nitrogens is 1. The SMILES string of the molecule is C=C(C)CC(=O)c1ccc(C)c(C)n1. The van der Waals surface area contributed by atoms with Crippen molar-refractivity contribution in [2.75, 3.05) is 0 Å². The Balaban J connectivity index is 2.91. The number of hydrogen-bond acceptors (Lipinski definition) is 2. The lowest BCUT2D eigenvalue weighted by Gasteiger charge is -2.03. The minimum absolute atomic E-state index is 0.0422. The van der Waals surface area contributed by atoms with Gasteiger partial charge in [-0.1, -0.05) is 18.2 Å². The number of carbonyl (C=O) groups is 1. The average Bonchev–Trinajstić information content (AvgIpc) is 2.08. The molecule has 0 N–H and O–H groups in total. The van der Waals surface area contributed by atoms with Crippen molar-refractivity contribution in [3.05, 3.63) is 41.2 Å². The Labute approximate surface area is 84.7 Å². The summed E-state index contributed by atoms with van der Waals surface area (Å²) in [6.07, 6.45) is 0.384. The highest BCUT2D eigenvalue weighted by Gasteiger charge is 2.07. The molecule has 1 aromatic heterocycles. The first kappa shape index (κ1) is 10.6. The van der Waals surface area contributed by atoms with Crippen LogP contribution in [0.3, 0.4) is 0 Å². The van der Waals surface area contributed by atoms with Gasteiger partial charge in [0.25, 0.3) is 0 Å². The number of allylic oxidation sites excluding steroid dienone is 1. The van der Waals surface area contributed by atoms with E-state index in [1.54, 1.807) is 6.07 Å². The molecule has 0 radical (unpaired) electrons. The van der Waals surface area contributed by atoms with Crippen LogP contribution in [-0.2, 0) is 0 Å². The molecule has 0 unspecified atom stereocenters. The van der Waals surface area contributed by atoms with E-state index in [-0.39, 0.29) is 5.78 Å². The molecule has 1 rings (SSSR count). The molecule has 0 aromatic carbocycles. The van der Waals surface area contributed by atoms with Gasteiger partial charge in [-0.15, -0.1) is 0 Å². The van der Waals surface area contributed by atoms with Crippen molar-refractivity contribution in [1.29, 1.82) is 0 Å². The first-order chi connectivity index (χ1) is 6.50. The second kappa shape index (κ2) is 4.18. The van der Waals surface area contributed by atoms with Gasteiger partial charge >= 0.3 is 0 Å². The lowest BCUT2D eigenvalue weighted by Crippen LogP contribution is -2.04. The molecule has 14 heavy (non-hydrogen) atoms. The Morgan fingerprint density at radius 3 is 2.57 bits per heavy atom. The summed E-state index contributed by atoms with van der Waals surface area (Å²) in [6, 6.07) is 3.70. The van der Waals surface area contributed by atoms with E-state index in [2.05, 4.69) is 11.6 Å². The predicted molar refractivity (Wildman–Crippen MR) is 57.5 cm³/mol. The van der Waals surface area contributed by atoms with E-state index in [1.165, 1.54) is 0 Å². The molecule has 0 amide bonds. The van der Waals surface area contributed by atoms with Gasteiger partial charge in [-0.3, -0.25) is 4.79 Å². The monoisotopic (exact) mass is 189 g/mol. The van der Waals surface area contributed by atoms with Crippen molar-refractivity contribution in [2.45, 2.75) is 27.2 Å². The van der Waals surface area contributed by atoms with Crippen LogP contribution in [0.5, 0.6) is 0 Å². The van der Waals surface area contributed by atoms with Crippen LogP contribution in [0.4, 0.5) is 0 Å². The predicted octanol–water partition coefficient (Wildman–Crippen LogP) is 2.85. The maximum absolute atomic E-state index is 11.6. The van der Waals surface area contributed by atoms with Crippen LogP contribution < -0.4 is 0 Å². The standard InChI is InChI=1S/C12H15NO/c1-8(2)7-12(14)11-6-5-9(3)10(4)13-11/h5-6H,1,7H2,2-4H3. The summed E-state index contributed by atoms with van der Waals surface area (Å²) >= 11 is 0. The molecule has 2 heteroatoms. The molecule has 0 bridgehead atoms. The number of nitrogens with zero attached hydrogens (tertiary/aromatic N) is 1. The summed E-state index contributed by atoms with van der Waals surface area (Å²) in [5, 5.41) is 0. The van der Waals surface area contributed by atoms with Crippen molar-refractivity contribution < 1.29 is 4.79 Å². The first-order valence-electron chi connectivity index (χ1n) is 4.62. The van der Waals surface area contributed by atoms with Crippen LogP contribution >= 0.6 is 0 Å². The Hall–Kier alpha value is -1.44. The fourth-order valence-corrected chi connectivity index (χ4v) is 1.15. The lowest BCUT2D eigenvalue weighted by atomic mass is 10.1. The lowest BCUT2D eigenvalue weighted by molar-refractivity contribution is 0.0988. The van der Waals surface area contributed by atoms with Crippen LogP contribution in [0.15, 0.2) is 24.3 Å². The molecule has 0 spiro atoms. The zero-order chi connectivity index (χ0) is 10.7. The topological polar surface area (TPSA) is 30.0 Å². The number of ketones is 1. The van der Waals surface area contributed by atoms with E-state index >= 15 is 0 Å². The maximum atomic E-state index is 11.6. The number of carbonyl (C=O) groups excluding carboxylic acids is 1. The second-order valence-electron chi connectivity index (χ2n) is 3.66. The van der Waals surface area contributed by atoms with Gasteiger partial charge in [-0.2, -0.15) is 0 Å². The summed E-state index contributed by atoms with van der Waals surface area (Å²) in [6.45, 7) is 9.45. The number of pyridine rings is 1. The van der Waals surface area contributed by atoms with Crippen molar-refractivity contribution in [3.8, 4) is 0 Å². The summed E-state index contributed by atoms with van der Waals surface area (Å²) in [5.41, 5.74) is 3.43. The molecule has 0 fully saturated rings. The summed E-state index contributed by atoms with van der Waals surface area (Å²) < 4.78 is 0. The molecule has 0 saturated heterocycles. The van der Waals surface area contributed by atoms with Crippen molar-refractivity contribution >= 4 is 5.78 Å². The molecule has 0 saturated carbocycles. The minimum atomic E-state index is 0.0422. The number of aryl methyl sites for hydroxylation is 2. The molecular weight excluding hydrogens is 174 g/mol. The molecular formula is C12H15NO. The van der Waals surface area contributed by atoms with Crippen LogP contribution in [0.2, 0.25) is 0 Å². The third-order valence-electron chi connectivity index (χ3n) is 2.10. The van der Waals surface area contributed by atoms with E-state index < -0.39 is 0 Å². The quantitative estimate of drug-likeness (QED) is 0.540. The van der Waals surface area contributed by atoms with Crippen LogP contribution in [-0.4, -0.2) is 10.8 Å². The Bertz CT molecular complexity index is 380. The van der Waals surface area contributed by atoms with Gasteiger partial charge in [-0.25, -0.2) is 4.98 Å². The maximum Gasteiger partial charge on any atom is 0.185 e. The Morgan fingerprint density at radius 1 is 1.43 bits per heavy atom. The zero-order valence-electron chi connectivity index (χ0n) is 8.92. The van der Waals surface area contributed by atoms with Crippen molar-refractivity contribution in [3.63, 3.8) is 0 Å². The molecule has 0 aliphatic rings. The number of rotatable bonds is 3. The van der Waals surface area contributed by atoms with Crippen LogP contribution in [0, 0.1) is 13.8 Å². The fourth-order valence-electron chi connectivity index (χ4n) is 1.15. The highest BCUT2D eigenvalue weighted by atomic mass is 16.1. The van der Waals surface area contributed by atoms with E-state index in [0.717, 1.165) is 16.8 Å². The summed E-state index contributed by atoms with van der Waals surface area (Å²) in [7, 11) is 0. The molecule has 74 valence electrons. The molecule has 2 nitrogen and oxygen atoms in total. The average molecular weight is 189 g/mol. The Kier molecular flexibility index (Phi) is 3.18. The molecule has 1 heterocycles. The number of hydrogen-bond donors (Lipinski definition) is 0. The third kappa shape index (κ3) is 2.52. The smallest absolute Gasteiger partial charge is 0.185 e. The minimum Gasteiger partial charge on any atom is -0.292 e. The Morgan fingerprint density at radius 2 is 2.07 bits per heavy atom. The fraction of sp³-hybridized carbons (Fsp3) is 0.333. The van der Waals surface area contributed by atoms with Crippen LogP contribution in [0.1, 0.15) is 35.1 Å². The second-order valence-corrected chi connectivity index (χ2v) is 3.66. The first-order valence-corrected chi connectivity index (χ1v) is 4.62.